The van der Waals surface area contributed by atoms with Gasteiger partial charge in [-0.25, -0.2) is 4.79 Å². The van der Waals surface area contributed by atoms with Crippen LogP contribution < -0.4 is 0 Å². The van der Waals surface area contributed by atoms with Crippen LogP contribution in [0.15, 0.2) is 29.2 Å². The lowest BCUT2D eigenvalue weighted by Crippen LogP contribution is -2.54. The fourth-order valence-electron chi connectivity index (χ4n) is 1.12. The summed E-state index contributed by atoms with van der Waals surface area (Å²) < 4.78 is 37.5. The minimum absolute atomic E-state index is 0.166. The number of aliphatic carboxylic acids is 1. The molecule has 1 aromatic carbocycles. The zero-order valence-corrected chi connectivity index (χ0v) is 10.4. The Hall–Kier alpha value is -1.81. The van der Waals surface area contributed by atoms with Crippen molar-refractivity contribution in [3.05, 3.63) is 34.4 Å². The molecular weight excluding hydrogens is 303 g/mol. The first-order valence-corrected chi connectivity index (χ1v) is 5.96. The number of alkyl halides is 3. The van der Waals surface area contributed by atoms with E-state index in [9.17, 15) is 33.2 Å². The van der Waals surface area contributed by atoms with Crippen molar-refractivity contribution < 1.29 is 33.1 Å². The average molecular weight is 311 g/mol. The molecule has 0 radical (unpaired) electrons. The number of nitrogens with zero attached hydrogens (tertiary/aromatic N) is 1. The Morgan fingerprint density at radius 2 is 1.80 bits per heavy atom. The van der Waals surface area contributed by atoms with E-state index in [1.165, 1.54) is 12.1 Å². The third-order valence-electron chi connectivity index (χ3n) is 2.32. The van der Waals surface area contributed by atoms with Gasteiger partial charge in [-0.15, -0.1) is 11.8 Å². The van der Waals surface area contributed by atoms with Crippen LogP contribution in [0, 0.1) is 10.1 Å². The number of nitro groups is 1. The number of non-ortho nitro benzene ring substituents is 1. The zero-order valence-electron chi connectivity index (χ0n) is 9.63. The third-order valence-corrected chi connectivity index (χ3v) is 3.49. The Morgan fingerprint density at radius 1 is 1.30 bits per heavy atom. The molecule has 0 saturated heterocycles. The number of benzene rings is 1. The zero-order chi connectivity index (χ0) is 15.6. The van der Waals surface area contributed by atoms with Gasteiger partial charge in [-0.05, 0) is 12.1 Å². The van der Waals surface area contributed by atoms with E-state index in [0.29, 0.717) is 11.8 Å². The van der Waals surface area contributed by atoms with E-state index in [-0.39, 0.29) is 10.6 Å². The van der Waals surface area contributed by atoms with Gasteiger partial charge in [-0.3, -0.25) is 10.1 Å². The monoisotopic (exact) mass is 311 g/mol. The topological polar surface area (TPSA) is 101 Å². The van der Waals surface area contributed by atoms with Crippen LogP contribution in [0.25, 0.3) is 0 Å². The number of hydrogen-bond donors (Lipinski definition) is 2. The van der Waals surface area contributed by atoms with Crippen LogP contribution >= 0.6 is 11.8 Å². The maximum absolute atomic E-state index is 12.5. The van der Waals surface area contributed by atoms with Gasteiger partial charge in [0.1, 0.15) is 0 Å². The number of nitro benzene ring substituents is 1. The van der Waals surface area contributed by atoms with Gasteiger partial charge in [0, 0.05) is 22.8 Å². The van der Waals surface area contributed by atoms with E-state index < -0.39 is 28.4 Å². The molecule has 0 amide bonds. The first-order chi connectivity index (χ1) is 9.08. The fourth-order valence-corrected chi connectivity index (χ4v) is 2.11. The molecule has 1 rings (SSSR count). The van der Waals surface area contributed by atoms with Crippen molar-refractivity contribution in [3.63, 3.8) is 0 Å². The van der Waals surface area contributed by atoms with Crippen molar-refractivity contribution in [2.45, 2.75) is 16.7 Å². The summed E-state index contributed by atoms with van der Waals surface area (Å²) in [5.41, 5.74) is -4.13. The highest BCUT2D eigenvalue weighted by Gasteiger charge is 2.60. The average Bonchev–Trinajstić information content (AvgIpc) is 2.34. The van der Waals surface area contributed by atoms with E-state index >= 15 is 0 Å². The van der Waals surface area contributed by atoms with Crippen molar-refractivity contribution in [2.75, 3.05) is 5.75 Å². The number of carbonyl (C=O) groups is 1. The van der Waals surface area contributed by atoms with Gasteiger partial charge in [-0.2, -0.15) is 13.2 Å². The summed E-state index contributed by atoms with van der Waals surface area (Å²) in [6.45, 7) is 0. The van der Waals surface area contributed by atoms with E-state index in [0.717, 1.165) is 12.1 Å². The normalized spacial score (nSPS) is 14.6. The highest BCUT2D eigenvalue weighted by atomic mass is 32.2. The van der Waals surface area contributed by atoms with Gasteiger partial charge in [0.05, 0.1) is 4.92 Å². The van der Waals surface area contributed by atoms with Gasteiger partial charge < -0.3 is 10.2 Å². The summed E-state index contributed by atoms with van der Waals surface area (Å²) in [5.74, 6) is -3.57. The number of carboxylic acids is 1. The first kappa shape index (κ1) is 16.2. The number of halogens is 3. The van der Waals surface area contributed by atoms with Crippen LogP contribution in [0.3, 0.4) is 0 Å². The molecule has 0 heterocycles. The second-order valence-corrected chi connectivity index (χ2v) is 4.75. The van der Waals surface area contributed by atoms with Gasteiger partial charge in [0.15, 0.2) is 0 Å². The molecule has 0 spiro atoms. The minimum Gasteiger partial charge on any atom is -0.479 e. The Balaban J connectivity index is 2.84. The van der Waals surface area contributed by atoms with Crippen LogP contribution in [-0.4, -0.2) is 38.6 Å². The van der Waals surface area contributed by atoms with E-state index in [4.69, 9.17) is 5.11 Å². The molecular formula is C10H8F3NO5S. The Bertz CT molecular complexity index is 519. The number of thioether (sulfide) groups is 1. The van der Waals surface area contributed by atoms with Crippen LogP contribution in [0.4, 0.5) is 18.9 Å². The number of aliphatic hydroxyl groups is 1. The molecule has 2 N–H and O–H groups in total. The molecule has 1 atom stereocenters. The molecule has 0 saturated carbocycles. The standard InChI is InChI=1S/C10H8F3NO5S/c11-10(12,13)9(17,8(15)16)5-20-7-3-1-6(2-4-7)14(18)19/h1-4,17H,5H2,(H,15,16). The largest absolute Gasteiger partial charge is 0.479 e. The van der Waals surface area contributed by atoms with Gasteiger partial charge in [-0.1, -0.05) is 0 Å². The van der Waals surface area contributed by atoms with Gasteiger partial charge in [0.25, 0.3) is 11.3 Å². The molecule has 1 aromatic rings. The van der Waals surface area contributed by atoms with Crippen LogP contribution in [-0.2, 0) is 4.79 Å². The van der Waals surface area contributed by atoms with Crippen LogP contribution in [0.1, 0.15) is 0 Å². The molecule has 0 bridgehead atoms. The summed E-state index contributed by atoms with van der Waals surface area (Å²) in [7, 11) is 0. The van der Waals surface area contributed by atoms with Crippen molar-refractivity contribution in [1.82, 2.24) is 0 Å². The van der Waals surface area contributed by atoms with E-state index in [1.807, 2.05) is 0 Å². The fraction of sp³-hybridized carbons (Fsp3) is 0.300. The van der Waals surface area contributed by atoms with Gasteiger partial charge >= 0.3 is 12.1 Å². The molecule has 0 aliphatic carbocycles. The summed E-state index contributed by atoms with van der Waals surface area (Å²) in [6, 6.07) is 4.47. The summed E-state index contributed by atoms with van der Waals surface area (Å²) >= 11 is 0.430. The molecule has 0 aliphatic heterocycles. The van der Waals surface area contributed by atoms with Crippen molar-refractivity contribution in [3.8, 4) is 0 Å². The first-order valence-electron chi connectivity index (χ1n) is 4.97. The smallest absolute Gasteiger partial charge is 0.429 e. The number of carboxylic acid groups (broad SMARTS) is 1. The van der Waals surface area contributed by atoms with Gasteiger partial charge in [0.2, 0.25) is 0 Å². The predicted octanol–water partition coefficient (Wildman–Crippen LogP) is 2.06. The highest BCUT2D eigenvalue weighted by Crippen LogP contribution is 2.35. The van der Waals surface area contributed by atoms with Crippen LogP contribution in [0.5, 0.6) is 0 Å². The van der Waals surface area contributed by atoms with Crippen LogP contribution in [0.2, 0.25) is 0 Å². The molecule has 1 unspecified atom stereocenters. The molecule has 110 valence electrons. The number of hydrogen-bond acceptors (Lipinski definition) is 5. The maximum atomic E-state index is 12.5. The molecule has 10 heteroatoms. The molecule has 20 heavy (non-hydrogen) atoms. The third kappa shape index (κ3) is 3.39. The van der Waals surface area contributed by atoms with Crippen molar-refractivity contribution in [1.29, 1.82) is 0 Å². The molecule has 0 aliphatic rings. The lowest BCUT2D eigenvalue weighted by Gasteiger charge is -2.25. The summed E-state index contributed by atoms with van der Waals surface area (Å²) in [4.78, 5) is 20.4. The summed E-state index contributed by atoms with van der Waals surface area (Å²) in [5, 5.41) is 28.0. The van der Waals surface area contributed by atoms with Crippen molar-refractivity contribution >= 4 is 23.4 Å². The van der Waals surface area contributed by atoms with E-state index in [1.54, 1.807) is 0 Å². The second-order valence-electron chi connectivity index (χ2n) is 3.70. The minimum atomic E-state index is -5.33. The lowest BCUT2D eigenvalue weighted by atomic mass is 10.1. The Morgan fingerprint density at radius 3 is 2.15 bits per heavy atom. The molecule has 0 aromatic heterocycles. The number of rotatable bonds is 5. The summed E-state index contributed by atoms with van der Waals surface area (Å²) in [6.07, 6.45) is -5.33. The molecule has 0 fully saturated rings. The highest BCUT2D eigenvalue weighted by molar-refractivity contribution is 7.99. The van der Waals surface area contributed by atoms with E-state index in [2.05, 4.69) is 0 Å². The van der Waals surface area contributed by atoms with Crippen molar-refractivity contribution in [2.24, 2.45) is 0 Å². The SMILES string of the molecule is O=C(O)C(O)(CSc1ccc([N+](=O)[O-])cc1)C(F)(F)F. The predicted molar refractivity (Wildman–Crippen MR) is 62.5 cm³/mol. The quantitative estimate of drug-likeness (QED) is 0.490. The lowest BCUT2D eigenvalue weighted by molar-refractivity contribution is -0.384. The Labute approximate surface area is 114 Å². The maximum Gasteiger partial charge on any atom is 0.429 e. The molecule has 6 nitrogen and oxygen atoms in total. The second kappa shape index (κ2) is 5.67. The Kier molecular flexibility index (Phi) is 4.61.